The predicted octanol–water partition coefficient (Wildman–Crippen LogP) is 8.12. The fraction of sp³-hybridized carbons (Fsp3) is 0.182. The van der Waals surface area contributed by atoms with Crippen LogP contribution < -0.4 is 0 Å². The molecule has 4 aromatic carbocycles. The van der Waals surface area contributed by atoms with Crippen LogP contribution in [-0.2, 0) is 10.2 Å². The van der Waals surface area contributed by atoms with Crippen molar-refractivity contribution < 1.29 is 9.53 Å². The van der Waals surface area contributed by atoms with Gasteiger partial charge in [-0.3, -0.25) is 0 Å². The van der Waals surface area contributed by atoms with Crippen LogP contribution >= 0.6 is 0 Å². The molecule has 0 saturated carbocycles. The molecule has 0 bridgehead atoms. The summed E-state index contributed by atoms with van der Waals surface area (Å²) in [4.78, 5) is 13.3. The van der Waals surface area contributed by atoms with Crippen LogP contribution in [0, 0.1) is 6.92 Å². The number of fused-ring (bicyclic) bond motifs is 1. The Morgan fingerprint density at radius 3 is 1.58 bits per heavy atom. The monoisotopic (exact) mass is 473 g/mol. The first-order valence-electron chi connectivity index (χ1n) is 12.3. The quantitative estimate of drug-likeness (QED) is 0.247. The summed E-state index contributed by atoms with van der Waals surface area (Å²) < 4.78 is 7.46. The summed E-state index contributed by atoms with van der Waals surface area (Å²) in [6, 6.07) is 40.2. The third-order valence-corrected chi connectivity index (χ3v) is 6.63. The van der Waals surface area contributed by atoms with Gasteiger partial charge < -0.3 is 4.74 Å². The fourth-order valence-electron chi connectivity index (χ4n) is 5.27. The Labute approximate surface area is 213 Å². The first kappa shape index (κ1) is 23.6. The zero-order valence-electron chi connectivity index (χ0n) is 21.2. The number of aromatic nitrogens is 1. The van der Waals surface area contributed by atoms with E-state index in [1.54, 1.807) is 4.57 Å². The van der Waals surface area contributed by atoms with E-state index in [1.165, 1.54) is 0 Å². The number of carbonyl (C=O) groups excluding carboxylic acids is 1. The number of carbonyl (C=O) groups is 1. The molecule has 0 spiro atoms. The van der Waals surface area contributed by atoms with Crippen LogP contribution in [0.25, 0.3) is 10.9 Å². The maximum absolute atomic E-state index is 13.3. The van der Waals surface area contributed by atoms with Crippen molar-refractivity contribution in [2.24, 2.45) is 0 Å². The SMILES string of the molecule is Cc1cc2c(C(c3ccccc3)(c3ccccc3)c3ccccc3)cccc2n1C(=O)OC(C)(C)C. The molecule has 3 heteroatoms. The number of ether oxygens (including phenoxy) is 1. The van der Waals surface area contributed by atoms with Crippen molar-refractivity contribution in [3.8, 4) is 0 Å². The molecule has 0 N–H and O–H groups in total. The van der Waals surface area contributed by atoms with Gasteiger partial charge in [-0.25, -0.2) is 9.36 Å². The Morgan fingerprint density at radius 1 is 0.667 bits per heavy atom. The van der Waals surface area contributed by atoms with Crippen LogP contribution in [0.2, 0.25) is 0 Å². The minimum absolute atomic E-state index is 0.364. The van der Waals surface area contributed by atoms with Crippen molar-refractivity contribution in [1.29, 1.82) is 0 Å². The van der Waals surface area contributed by atoms with Crippen molar-refractivity contribution in [3.63, 3.8) is 0 Å². The van der Waals surface area contributed by atoms with Crippen LogP contribution in [0.5, 0.6) is 0 Å². The summed E-state index contributed by atoms with van der Waals surface area (Å²) >= 11 is 0. The third kappa shape index (κ3) is 4.01. The normalized spacial score (nSPS) is 12.0. The van der Waals surface area contributed by atoms with E-state index in [0.29, 0.717) is 0 Å². The number of benzene rings is 4. The molecule has 180 valence electrons. The largest absolute Gasteiger partial charge is 0.443 e. The van der Waals surface area contributed by atoms with Gasteiger partial charge in [0.2, 0.25) is 0 Å². The summed E-state index contributed by atoms with van der Waals surface area (Å²) in [5.41, 5.74) is 5.12. The van der Waals surface area contributed by atoms with Gasteiger partial charge in [-0.2, -0.15) is 0 Å². The van der Waals surface area contributed by atoms with Crippen molar-refractivity contribution in [1.82, 2.24) is 4.57 Å². The number of hydrogen-bond acceptors (Lipinski definition) is 2. The zero-order chi connectivity index (χ0) is 25.3. The van der Waals surface area contributed by atoms with Crippen molar-refractivity contribution in [2.45, 2.75) is 38.7 Å². The Balaban J connectivity index is 1.89. The van der Waals surface area contributed by atoms with Crippen LogP contribution in [0.4, 0.5) is 4.79 Å². The van der Waals surface area contributed by atoms with E-state index < -0.39 is 11.0 Å². The third-order valence-electron chi connectivity index (χ3n) is 6.63. The lowest BCUT2D eigenvalue weighted by atomic mass is 9.64. The fourth-order valence-corrected chi connectivity index (χ4v) is 5.27. The van der Waals surface area contributed by atoms with Gasteiger partial charge in [-0.15, -0.1) is 0 Å². The van der Waals surface area contributed by atoms with Crippen LogP contribution in [0.3, 0.4) is 0 Å². The minimum atomic E-state index is -0.587. The highest BCUT2D eigenvalue weighted by molar-refractivity contribution is 5.94. The molecule has 0 saturated heterocycles. The first-order valence-corrected chi connectivity index (χ1v) is 12.3. The number of hydrogen-bond donors (Lipinski definition) is 0. The minimum Gasteiger partial charge on any atom is -0.443 e. The molecule has 0 aliphatic rings. The Morgan fingerprint density at radius 2 is 1.14 bits per heavy atom. The van der Waals surface area contributed by atoms with Gasteiger partial charge in [0.25, 0.3) is 0 Å². The average Bonchev–Trinajstić information content (AvgIpc) is 3.22. The number of aryl methyl sites for hydroxylation is 1. The molecular formula is C33H31NO2. The maximum atomic E-state index is 13.3. The van der Waals surface area contributed by atoms with Gasteiger partial charge in [0.15, 0.2) is 0 Å². The lowest BCUT2D eigenvalue weighted by Crippen LogP contribution is -2.31. The molecule has 0 fully saturated rings. The van der Waals surface area contributed by atoms with E-state index in [1.807, 2.05) is 58.0 Å². The summed E-state index contributed by atoms with van der Waals surface area (Å²) in [5.74, 6) is 0. The van der Waals surface area contributed by atoms with Crippen LogP contribution in [0.15, 0.2) is 115 Å². The van der Waals surface area contributed by atoms with Crippen LogP contribution in [0.1, 0.15) is 48.7 Å². The summed E-state index contributed by atoms with van der Waals surface area (Å²) in [7, 11) is 0. The molecule has 0 amide bonds. The van der Waals surface area contributed by atoms with Gasteiger partial charge in [0.1, 0.15) is 5.60 Å². The molecule has 0 aliphatic carbocycles. The Bertz CT molecular complexity index is 1400. The molecule has 0 unspecified atom stereocenters. The molecule has 0 radical (unpaired) electrons. The maximum Gasteiger partial charge on any atom is 0.419 e. The molecule has 1 heterocycles. The molecule has 36 heavy (non-hydrogen) atoms. The highest BCUT2D eigenvalue weighted by atomic mass is 16.6. The zero-order valence-corrected chi connectivity index (χ0v) is 21.2. The second-order valence-electron chi connectivity index (χ2n) is 10.2. The molecule has 0 atom stereocenters. The summed E-state index contributed by atoms with van der Waals surface area (Å²) in [6.07, 6.45) is -0.364. The standard InChI is InChI=1S/C33H31NO2/c1-24-23-28-29(21-14-22-30(28)34(24)31(35)36-32(2,3)4)33(25-15-8-5-9-16-25,26-17-10-6-11-18-26)27-19-12-7-13-20-27/h5-23H,1-4H3. The first-order chi connectivity index (χ1) is 17.3. The summed E-state index contributed by atoms with van der Waals surface area (Å²) in [6.45, 7) is 7.64. The second-order valence-corrected chi connectivity index (χ2v) is 10.2. The molecule has 3 nitrogen and oxygen atoms in total. The van der Waals surface area contributed by atoms with Gasteiger partial charge in [0.05, 0.1) is 10.9 Å². The van der Waals surface area contributed by atoms with Gasteiger partial charge >= 0.3 is 6.09 Å². The lowest BCUT2D eigenvalue weighted by Gasteiger charge is -2.37. The average molecular weight is 474 g/mol. The molecule has 5 rings (SSSR count). The van der Waals surface area contributed by atoms with Crippen molar-refractivity contribution in [3.05, 3.63) is 143 Å². The van der Waals surface area contributed by atoms with Gasteiger partial charge in [0, 0.05) is 11.1 Å². The number of rotatable bonds is 4. The smallest absolute Gasteiger partial charge is 0.419 e. The predicted molar refractivity (Wildman–Crippen MR) is 147 cm³/mol. The Kier molecular flexibility index (Phi) is 6.01. The van der Waals surface area contributed by atoms with Gasteiger partial charge in [-0.1, -0.05) is 103 Å². The van der Waals surface area contributed by atoms with Crippen LogP contribution in [-0.4, -0.2) is 16.3 Å². The highest BCUT2D eigenvalue weighted by Crippen LogP contribution is 2.47. The lowest BCUT2D eigenvalue weighted by molar-refractivity contribution is 0.0541. The molecular weight excluding hydrogens is 442 g/mol. The molecule has 0 aliphatic heterocycles. The van der Waals surface area contributed by atoms with Crippen molar-refractivity contribution >= 4 is 17.0 Å². The van der Waals surface area contributed by atoms with E-state index in [-0.39, 0.29) is 6.09 Å². The van der Waals surface area contributed by atoms with E-state index in [4.69, 9.17) is 4.74 Å². The van der Waals surface area contributed by atoms with Gasteiger partial charge in [-0.05, 0) is 62.1 Å². The topological polar surface area (TPSA) is 31.2 Å². The van der Waals surface area contributed by atoms with Crippen molar-refractivity contribution in [2.75, 3.05) is 0 Å². The molecule has 5 aromatic rings. The van der Waals surface area contributed by atoms with E-state index in [0.717, 1.165) is 38.9 Å². The second kappa shape index (κ2) is 9.16. The summed E-state index contributed by atoms with van der Waals surface area (Å²) in [5, 5.41) is 1.03. The Hall–Kier alpha value is -4.11. The number of nitrogens with zero attached hydrogens (tertiary/aromatic N) is 1. The van der Waals surface area contributed by atoms with E-state index in [9.17, 15) is 4.79 Å². The highest BCUT2D eigenvalue weighted by Gasteiger charge is 2.40. The van der Waals surface area contributed by atoms with E-state index in [2.05, 4.69) is 84.9 Å². The molecule has 1 aromatic heterocycles. The van der Waals surface area contributed by atoms with E-state index >= 15 is 0 Å².